The number of hydrogen-bond donors (Lipinski definition) is 3. The van der Waals surface area contributed by atoms with E-state index in [9.17, 15) is 19.7 Å². The number of aromatic nitrogens is 3. The van der Waals surface area contributed by atoms with Crippen molar-refractivity contribution in [1.29, 1.82) is 0 Å². The zero-order chi connectivity index (χ0) is 18.8. The summed E-state index contributed by atoms with van der Waals surface area (Å²) >= 11 is 0. The molecule has 1 aliphatic heterocycles. The molecule has 1 atom stereocenters. The van der Waals surface area contributed by atoms with Gasteiger partial charge in [-0.1, -0.05) is 17.3 Å². The van der Waals surface area contributed by atoms with Crippen LogP contribution in [0.5, 0.6) is 5.75 Å². The van der Waals surface area contributed by atoms with Crippen molar-refractivity contribution in [3.05, 3.63) is 40.7 Å². The maximum absolute atomic E-state index is 12.4. The van der Waals surface area contributed by atoms with E-state index < -0.39 is 18.9 Å². The molecular formula is C16H19BN4O5. The van der Waals surface area contributed by atoms with E-state index in [0.29, 0.717) is 23.4 Å². The summed E-state index contributed by atoms with van der Waals surface area (Å²) in [7, 11) is -1.25. The van der Waals surface area contributed by atoms with Crippen molar-refractivity contribution in [2.45, 2.75) is 38.7 Å². The highest BCUT2D eigenvalue weighted by Gasteiger charge is 2.37. The van der Waals surface area contributed by atoms with Crippen LogP contribution in [0.3, 0.4) is 0 Å². The van der Waals surface area contributed by atoms with E-state index in [1.807, 2.05) is 0 Å². The molecule has 0 saturated heterocycles. The molecule has 0 radical (unpaired) electrons. The number of carbonyl (C=O) groups is 2. The quantitative estimate of drug-likeness (QED) is 0.622. The first-order valence-electron chi connectivity index (χ1n) is 8.21. The molecule has 0 saturated carbocycles. The van der Waals surface area contributed by atoms with Gasteiger partial charge in [0.2, 0.25) is 0 Å². The lowest BCUT2D eigenvalue weighted by Gasteiger charge is -2.28. The zero-order valence-corrected chi connectivity index (χ0v) is 14.3. The Bertz CT molecular complexity index is 853. The van der Waals surface area contributed by atoms with Crippen molar-refractivity contribution in [2.24, 2.45) is 5.73 Å². The number of aromatic carboxylic acids is 1. The fourth-order valence-electron chi connectivity index (χ4n) is 3.15. The number of fused-ring (bicyclic) bond motifs is 1. The van der Waals surface area contributed by atoms with E-state index in [1.54, 1.807) is 19.1 Å². The van der Waals surface area contributed by atoms with E-state index in [1.165, 1.54) is 10.7 Å². The monoisotopic (exact) mass is 358 g/mol. The molecule has 0 bridgehead atoms. The Morgan fingerprint density at radius 3 is 2.92 bits per heavy atom. The molecule has 0 unspecified atom stereocenters. The summed E-state index contributed by atoms with van der Waals surface area (Å²) in [5.41, 5.74) is 7.67. The van der Waals surface area contributed by atoms with Gasteiger partial charge in [-0.15, -0.1) is 5.10 Å². The Morgan fingerprint density at radius 2 is 2.23 bits per heavy atom. The molecular weight excluding hydrogens is 339 g/mol. The Labute approximate surface area is 149 Å². The van der Waals surface area contributed by atoms with Gasteiger partial charge in [0.25, 0.3) is 0 Å². The lowest BCUT2D eigenvalue weighted by atomic mass is 9.64. The van der Waals surface area contributed by atoms with Crippen LogP contribution in [0.1, 0.15) is 33.7 Å². The summed E-state index contributed by atoms with van der Waals surface area (Å²) < 4.78 is 6.87. The van der Waals surface area contributed by atoms with Gasteiger partial charge in [0.15, 0.2) is 5.78 Å². The molecule has 2 aromatic rings. The molecule has 0 fully saturated rings. The predicted octanol–water partition coefficient (Wildman–Crippen LogP) is 0.188. The first-order chi connectivity index (χ1) is 12.4. The fourth-order valence-corrected chi connectivity index (χ4v) is 3.15. The van der Waals surface area contributed by atoms with Crippen LogP contribution in [0.4, 0.5) is 0 Å². The SMILES string of the molecule is Cc1nnn(CC(=O)C[C@H]2Cc3cccc(C(=O)O)c3OB2O)c1CN. The van der Waals surface area contributed by atoms with E-state index in [4.69, 9.17) is 10.4 Å². The molecule has 3 rings (SSSR count). The number of nitrogens with two attached hydrogens (primary N) is 1. The van der Waals surface area contributed by atoms with Crippen molar-refractivity contribution in [2.75, 3.05) is 0 Å². The number of ketones is 1. The van der Waals surface area contributed by atoms with Gasteiger partial charge in [-0.2, -0.15) is 0 Å². The van der Waals surface area contributed by atoms with Crippen LogP contribution < -0.4 is 10.4 Å². The van der Waals surface area contributed by atoms with Crippen molar-refractivity contribution < 1.29 is 24.4 Å². The zero-order valence-electron chi connectivity index (χ0n) is 14.3. The molecule has 10 heteroatoms. The van der Waals surface area contributed by atoms with E-state index in [-0.39, 0.29) is 36.6 Å². The number of hydrogen-bond acceptors (Lipinski definition) is 7. The van der Waals surface area contributed by atoms with Crippen LogP contribution in [0.25, 0.3) is 0 Å². The number of benzene rings is 1. The highest BCUT2D eigenvalue weighted by Crippen LogP contribution is 2.36. The molecule has 26 heavy (non-hydrogen) atoms. The van der Waals surface area contributed by atoms with Crippen molar-refractivity contribution >= 4 is 18.9 Å². The molecule has 1 aromatic carbocycles. The number of rotatable bonds is 6. The summed E-state index contributed by atoms with van der Waals surface area (Å²) in [4.78, 5) is 23.7. The van der Waals surface area contributed by atoms with E-state index in [2.05, 4.69) is 10.3 Å². The third kappa shape index (κ3) is 3.46. The molecule has 0 aliphatic carbocycles. The molecule has 4 N–H and O–H groups in total. The smallest absolute Gasteiger partial charge is 0.526 e. The largest absolute Gasteiger partial charge is 0.535 e. The van der Waals surface area contributed by atoms with Gasteiger partial charge in [-0.05, 0) is 25.0 Å². The molecule has 0 amide bonds. The predicted molar refractivity (Wildman–Crippen MR) is 91.7 cm³/mol. The van der Waals surface area contributed by atoms with Crippen LogP contribution in [-0.4, -0.2) is 44.0 Å². The Kier molecular flexibility index (Phi) is 5.05. The second kappa shape index (κ2) is 7.26. The summed E-state index contributed by atoms with van der Waals surface area (Å²) in [6, 6.07) is 4.77. The van der Waals surface area contributed by atoms with Gasteiger partial charge in [0, 0.05) is 18.8 Å². The minimum Gasteiger partial charge on any atom is -0.535 e. The number of nitrogens with zero attached hydrogens (tertiary/aromatic N) is 3. The van der Waals surface area contributed by atoms with E-state index in [0.717, 1.165) is 0 Å². The maximum atomic E-state index is 12.4. The van der Waals surface area contributed by atoms with Crippen LogP contribution in [0.2, 0.25) is 5.82 Å². The van der Waals surface area contributed by atoms with Gasteiger partial charge in [0.05, 0.1) is 17.0 Å². The average Bonchev–Trinajstić information content (AvgIpc) is 2.94. The third-order valence-corrected chi connectivity index (χ3v) is 4.49. The van der Waals surface area contributed by atoms with Gasteiger partial charge in [-0.3, -0.25) is 4.79 Å². The molecule has 1 aromatic heterocycles. The first-order valence-corrected chi connectivity index (χ1v) is 8.21. The van der Waals surface area contributed by atoms with Gasteiger partial charge in [0.1, 0.15) is 12.3 Å². The molecule has 9 nitrogen and oxygen atoms in total. The number of Topliss-reactive ketones (excluding diaryl/α,β-unsaturated/α-hetero) is 1. The normalized spacial score (nSPS) is 16.1. The Morgan fingerprint density at radius 1 is 1.46 bits per heavy atom. The summed E-state index contributed by atoms with van der Waals surface area (Å²) in [6.45, 7) is 2.01. The standard InChI is InChI=1S/C16H19BN4O5/c1-9-14(7-18)21(20-19-9)8-12(22)6-11-5-10-3-2-4-13(16(23)24)15(10)26-17(11)25/h2-4,11,25H,5-8,18H2,1H3,(H,23,24)/t11-/m1/s1. The number of aryl methyl sites for hydroxylation is 1. The van der Waals surface area contributed by atoms with E-state index >= 15 is 0 Å². The lowest BCUT2D eigenvalue weighted by Crippen LogP contribution is -2.36. The number of para-hydroxylation sites is 1. The van der Waals surface area contributed by atoms with Gasteiger partial charge >= 0.3 is 13.1 Å². The number of carbonyl (C=O) groups excluding carboxylic acids is 1. The summed E-state index contributed by atoms with van der Waals surface area (Å²) in [5.74, 6) is -1.58. The van der Waals surface area contributed by atoms with Crippen LogP contribution in [-0.2, 0) is 24.3 Å². The Hall–Kier alpha value is -2.72. The van der Waals surface area contributed by atoms with Gasteiger partial charge < -0.3 is 20.5 Å². The van der Waals surface area contributed by atoms with Gasteiger partial charge in [-0.25, -0.2) is 9.48 Å². The third-order valence-electron chi connectivity index (χ3n) is 4.49. The highest BCUT2D eigenvalue weighted by atomic mass is 16.5. The van der Waals surface area contributed by atoms with Crippen molar-refractivity contribution in [3.8, 4) is 5.75 Å². The highest BCUT2D eigenvalue weighted by molar-refractivity contribution is 6.47. The summed E-state index contributed by atoms with van der Waals surface area (Å²) in [5, 5.41) is 27.3. The summed E-state index contributed by atoms with van der Waals surface area (Å²) in [6.07, 6.45) is 0.421. The fraction of sp³-hybridized carbons (Fsp3) is 0.375. The van der Waals surface area contributed by atoms with Crippen LogP contribution >= 0.6 is 0 Å². The minimum absolute atomic E-state index is 0.00277. The molecule has 136 valence electrons. The minimum atomic E-state index is -1.25. The molecule has 2 heterocycles. The van der Waals surface area contributed by atoms with Crippen LogP contribution in [0, 0.1) is 6.92 Å². The lowest BCUT2D eigenvalue weighted by molar-refractivity contribution is -0.120. The Balaban J connectivity index is 1.72. The van der Waals surface area contributed by atoms with Crippen molar-refractivity contribution in [3.63, 3.8) is 0 Å². The second-order valence-electron chi connectivity index (χ2n) is 6.30. The number of carboxylic acid groups (broad SMARTS) is 1. The first kappa shape index (κ1) is 18.1. The molecule has 0 spiro atoms. The topological polar surface area (TPSA) is 141 Å². The molecule has 1 aliphatic rings. The average molecular weight is 358 g/mol. The second-order valence-corrected chi connectivity index (χ2v) is 6.30. The number of carboxylic acids is 1. The van der Waals surface area contributed by atoms with Crippen LogP contribution in [0.15, 0.2) is 18.2 Å². The van der Waals surface area contributed by atoms with Crippen molar-refractivity contribution in [1.82, 2.24) is 15.0 Å². The maximum Gasteiger partial charge on any atom is 0.526 e.